The maximum Gasteiger partial charge on any atom is 0.407 e. The molecule has 0 aliphatic rings. The van der Waals surface area contributed by atoms with Gasteiger partial charge in [0.25, 0.3) is 0 Å². The topological polar surface area (TPSA) is 84.9 Å². The van der Waals surface area contributed by atoms with Gasteiger partial charge in [0.2, 0.25) is 0 Å². The minimum absolute atomic E-state index is 0.0831. The molecular weight excluding hydrogens is 262 g/mol. The van der Waals surface area contributed by atoms with Crippen LogP contribution in [0.1, 0.15) is 18.9 Å². The van der Waals surface area contributed by atoms with Crippen LogP contribution in [0.25, 0.3) is 0 Å². The summed E-state index contributed by atoms with van der Waals surface area (Å²) in [7, 11) is 1.44. The van der Waals surface area contributed by atoms with E-state index in [1.54, 1.807) is 6.92 Å². The van der Waals surface area contributed by atoms with E-state index in [2.05, 4.69) is 5.32 Å². The molecule has 1 atom stereocenters. The van der Waals surface area contributed by atoms with Gasteiger partial charge in [-0.05, 0) is 12.5 Å². The number of carbonyl (C=O) groups excluding carboxylic acids is 1. The molecule has 6 heteroatoms. The molecule has 1 unspecified atom stereocenters. The zero-order valence-corrected chi connectivity index (χ0v) is 11.6. The smallest absolute Gasteiger partial charge is 0.407 e. The number of carbonyl (C=O) groups is 2. The average Bonchev–Trinajstić information content (AvgIpc) is 2.36. The molecule has 0 spiro atoms. The van der Waals surface area contributed by atoms with Gasteiger partial charge in [0.1, 0.15) is 6.61 Å². The Labute approximate surface area is 117 Å². The van der Waals surface area contributed by atoms with Crippen LogP contribution in [0, 0.1) is 0 Å². The van der Waals surface area contributed by atoms with E-state index in [0.717, 1.165) is 5.56 Å². The van der Waals surface area contributed by atoms with Gasteiger partial charge in [-0.25, -0.2) is 4.79 Å². The highest BCUT2D eigenvalue weighted by Gasteiger charge is 2.30. The van der Waals surface area contributed by atoms with E-state index in [1.165, 1.54) is 7.11 Å². The van der Waals surface area contributed by atoms with Gasteiger partial charge < -0.3 is 19.9 Å². The highest BCUT2D eigenvalue weighted by molar-refractivity contribution is 5.72. The first-order chi connectivity index (χ1) is 9.45. The standard InChI is InChI=1S/C14H19NO5/c1-14(10-19-2,8-12(16)17)15-13(18)20-9-11-6-4-3-5-7-11/h3-7H,8-10H2,1-2H3,(H,15,18)(H,16,17). The van der Waals surface area contributed by atoms with Gasteiger partial charge in [-0.15, -0.1) is 0 Å². The molecule has 110 valence electrons. The van der Waals surface area contributed by atoms with Gasteiger partial charge in [-0.2, -0.15) is 0 Å². The quantitative estimate of drug-likeness (QED) is 0.796. The number of alkyl carbamates (subject to hydrolysis) is 1. The number of benzene rings is 1. The molecule has 0 aliphatic carbocycles. The molecule has 20 heavy (non-hydrogen) atoms. The fraction of sp³-hybridized carbons (Fsp3) is 0.429. The summed E-state index contributed by atoms with van der Waals surface area (Å²) in [6, 6.07) is 9.22. The van der Waals surface area contributed by atoms with Crippen LogP contribution in [0.2, 0.25) is 0 Å². The molecule has 0 aromatic heterocycles. The Morgan fingerprint density at radius 3 is 2.50 bits per heavy atom. The third kappa shape index (κ3) is 5.71. The van der Waals surface area contributed by atoms with Crippen LogP contribution in [0.4, 0.5) is 4.79 Å². The first-order valence-electron chi connectivity index (χ1n) is 6.15. The lowest BCUT2D eigenvalue weighted by atomic mass is 9.99. The predicted molar refractivity (Wildman–Crippen MR) is 72.3 cm³/mol. The van der Waals surface area contributed by atoms with E-state index < -0.39 is 17.6 Å². The Bertz CT molecular complexity index is 448. The van der Waals surface area contributed by atoms with Gasteiger partial charge in [0.05, 0.1) is 18.6 Å². The van der Waals surface area contributed by atoms with Crippen LogP contribution in [-0.2, 0) is 20.9 Å². The van der Waals surface area contributed by atoms with Crippen molar-refractivity contribution in [3.63, 3.8) is 0 Å². The van der Waals surface area contributed by atoms with Crippen molar-refractivity contribution in [3.8, 4) is 0 Å². The Balaban J connectivity index is 2.51. The van der Waals surface area contributed by atoms with Crippen molar-refractivity contribution in [2.45, 2.75) is 25.5 Å². The molecule has 0 saturated carbocycles. The van der Waals surface area contributed by atoms with Crippen LogP contribution in [0.15, 0.2) is 30.3 Å². The second-order valence-corrected chi connectivity index (χ2v) is 4.75. The summed E-state index contributed by atoms with van der Waals surface area (Å²) in [5.41, 5.74) is -0.150. The van der Waals surface area contributed by atoms with Crippen LogP contribution >= 0.6 is 0 Å². The van der Waals surface area contributed by atoms with Crippen molar-refractivity contribution >= 4 is 12.1 Å². The summed E-state index contributed by atoms with van der Waals surface area (Å²) in [5.74, 6) is -1.02. The Morgan fingerprint density at radius 1 is 1.30 bits per heavy atom. The van der Waals surface area contributed by atoms with Crippen molar-refractivity contribution < 1.29 is 24.2 Å². The van der Waals surface area contributed by atoms with Crippen molar-refractivity contribution in [2.75, 3.05) is 13.7 Å². The number of carboxylic acid groups (broad SMARTS) is 1. The number of hydrogen-bond donors (Lipinski definition) is 2. The number of rotatable bonds is 7. The number of nitrogens with one attached hydrogen (secondary N) is 1. The monoisotopic (exact) mass is 281 g/mol. The predicted octanol–water partition coefficient (Wildman–Crippen LogP) is 1.79. The summed E-state index contributed by atoms with van der Waals surface area (Å²) in [6.45, 7) is 1.80. The Hall–Kier alpha value is -2.08. The van der Waals surface area contributed by atoms with Crippen molar-refractivity contribution in [1.82, 2.24) is 5.32 Å². The van der Waals surface area contributed by atoms with E-state index in [9.17, 15) is 9.59 Å². The summed E-state index contributed by atoms with van der Waals surface area (Å²) in [4.78, 5) is 22.5. The molecule has 0 saturated heterocycles. The summed E-state index contributed by atoms with van der Waals surface area (Å²) >= 11 is 0. The molecule has 0 fully saturated rings. The maximum absolute atomic E-state index is 11.7. The van der Waals surface area contributed by atoms with E-state index >= 15 is 0 Å². The van der Waals surface area contributed by atoms with E-state index in [4.69, 9.17) is 14.6 Å². The highest BCUT2D eigenvalue weighted by atomic mass is 16.5. The molecule has 0 heterocycles. The van der Waals surface area contributed by atoms with Gasteiger partial charge in [0.15, 0.2) is 0 Å². The third-order valence-corrected chi connectivity index (χ3v) is 2.62. The van der Waals surface area contributed by atoms with Crippen molar-refractivity contribution in [1.29, 1.82) is 0 Å². The van der Waals surface area contributed by atoms with E-state index in [0.29, 0.717) is 0 Å². The van der Waals surface area contributed by atoms with Gasteiger partial charge in [-0.3, -0.25) is 4.79 Å². The number of methoxy groups -OCH3 is 1. The third-order valence-electron chi connectivity index (χ3n) is 2.62. The SMILES string of the molecule is COCC(C)(CC(=O)O)NC(=O)OCc1ccccc1. The first kappa shape index (κ1) is 16.0. The molecule has 1 aromatic carbocycles. The number of hydrogen-bond acceptors (Lipinski definition) is 4. The Morgan fingerprint density at radius 2 is 1.95 bits per heavy atom. The first-order valence-corrected chi connectivity index (χ1v) is 6.15. The zero-order valence-electron chi connectivity index (χ0n) is 11.6. The van der Waals surface area contributed by atoms with E-state index in [-0.39, 0.29) is 19.6 Å². The molecule has 6 nitrogen and oxygen atoms in total. The molecule has 1 rings (SSSR count). The van der Waals surface area contributed by atoms with Crippen molar-refractivity contribution in [2.24, 2.45) is 0 Å². The molecule has 0 aliphatic heterocycles. The normalized spacial score (nSPS) is 13.3. The fourth-order valence-electron chi connectivity index (χ4n) is 1.79. The van der Waals surface area contributed by atoms with Crippen LogP contribution in [-0.4, -0.2) is 36.4 Å². The lowest BCUT2D eigenvalue weighted by Gasteiger charge is -2.27. The summed E-state index contributed by atoms with van der Waals surface area (Å²) in [5, 5.41) is 11.4. The number of ether oxygens (including phenoxy) is 2. The van der Waals surface area contributed by atoms with Gasteiger partial charge >= 0.3 is 12.1 Å². The molecule has 2 N–H and O–H groups in total. The van der Waals surface area contributed by atoms with Gasteiger partial charge in [-0.1, -0.05) is 30.3 Å². The fourth-order valence-corrected chi connectivity index (χ4v) is 1.79. The molecule has 1 aromatic rings. The highest BCUT2D eigenvalue weighted by Crippen LogP contribution is 2.11. The molecule has 0 bridgehead atoms. The second-order valence-electron chi connectivity index (χ2n) is 4.75. The lowest BCUT2D eigenvalue weighted by molar-refractivity contribution is -0.139. The zero-order chi connectivity index (χ0) is 15.0. The average molecular weight is 281 g/mol. The molecule has 1 amide bonds. The van der Waals surface area contributed by atoms with Crippen LogP contribution < -0.4 is 5.32 Å². The summed E-state index contributed by atoms with van der Waals surface area (Å²) < 4.78 is 9.99. The second kappa shape index (κ2) is 7.49. The van der Waals surface area contributed by atoms with Crippen LogP contribution in [0.3, 0.4) is 0 Å². The molecular formula is C14H19NO5. The van der Waals surface area contributed by atoms with E-state index in [1.807, 2.05) is 30.3 Å². The minimum Gasteiger partial charge on any atom is -0.481 e. The maximum atomic E-state index is 11.7. The molecule has 0 radical (unpaired) electrons. The largest absolute Gasteiger partial charge is 0.481 e. The van der Waals surface area contributed by atoms with Gasteiger partial charge in [0, 0.05) is 7.11 Å². The number of amides is 1. The lowest BCUT2D eigenvalue weighted by Crippen LogP contribution is -2.50. The summed E-state index contributed by atoms with van der Waals surface area (Å²) in [6.07, 6.45) is -0.920. The minimum atomic E-state index is -1.02. The Kier molecular flexibility index (Phi) is 5.99. The van der Waals surface area contributed by atoms with Crippen LogP contribution in [0.5, 0.6) is 0 Å². The number of carboxylic acids is 1. The number of aliphatic carboxylic acids is 1. The van der Waals surface area contributed by atoms with Crippen molar-refractivity contribution in [3.05, 3.63) is 35.9 Å².